The first-order valence-electron chi connectivity index (χ1n) is 8.46. The molecule has 118 valence electrons. The van der Waals surface area contributed by atoms with Gasteiger partial charge in [0.2, 0.25) is 0 Å². The zero-order chi connectivity index (χ0) is 15.3. The molecule has 2 rings (SSSR count). The molecule has 0 saturated heterocycles. The molecule has 0 amide bonds. The van der Waals surface area contributed by atoms with Crippen molar-refractivity contribution in [2.75, 3.05) is 13.7 Å². The Morgan fingerprint density at radius 1 is 1.29 bits per heavy atom. The van der Waals surface area contributed by atoms with E-state index in [0.717, 1.165) is 12.3 Å². The van der Waals surface area contributed by atoms with Gasteiger partial charge in [-0.3, -0.25) is 0 Å². The first-order chi connectivity index (χ1) is 10.1. The minimum Gasteiger partial charge on any atom is -0.496 e. The van der Waals surface area contributed by atoms with E-state index in [1.165, 1.54) is 37.7 Å². The summed E-state index contributed by atoms with van der Waals surface area (Å²) < 4.78 is 5.63. The van der Waals surface area contributed by atoms with Gasteiger partial charge in [0.05, 0.1) is 7.11 Å². The van der Waals surface area contributed by atoms with Crippen molar-refractivity contribution in [3.05, 3.63) is 29.8 Å². The molecule has 1 N–H and O–H groups in total. The van der Waals surface area contributed by atoms with E-state index in [4.69, 9.17) is 4.74 Å². The number of hydrogen-bond donors (Lipinski definition) is 1. The number of rotatable bonds is 6. The highest BCUT2D eigenvalue weighted by atomic mass is 16.5. The van der Waals surface area contributed by atoms with E-state index in [1.54, 1.807) is 7.11 Å². The maximum Gasteiger partial charge on any atom is 0.123 e. The van der Waals surface area contributed by atoms with Crippen LogP contribution >= 0.6 is 0 Å². The van der Waals surface area contributed by atoms with E-state index in [-0.39, 0.29) is 0 Å². The van der Waals surface area contributed by atoms with Crippen LogP contribution in [0.5, 0.6) is 5.75 Å². The Kier molecular flexibility index (Phi) is 5.69. The van der Waals surface area contributed by atoms with Gasteiger partial charge in [-0.25, -0.2) is 0 Å². The van der Waals surface area contributed by atoms with E-state index < -0.39 is 0 Å². The summed E-state index contributed by atoms with van der Waals surface area (Å²) >= 11 is 0. The van der Waals surface area contributed by atoms with Crippen LogP contribution in [0.4, 0.5) is 0 Å². The minimum absolute atomic E-state index is 0.393. The molecule has 0 aromatic heterocycles. The van der Waals surface area contributed by atoms with Gasteiger partial charge in [-0.15, -0.1) is 0 Å². The standard InChI is InChI=1S/C19H31NO/c1-5-14-20-18(15-10-6-7-12-17(15)21-4)16-11-8-9-13-19(16,2)3/h6-7,10,12,16,18,20H,5,8-9,11,13-14H2,1-4H3. The molecule has 2 heteroatoms. The van der Waals surface area contributed by atoms with E-state index >= 15 is 0 Å². The quantitative estimate of drug-likeness (QED) is 0.800. The van der Waals surface area contributed by atoms with Gasteiger partial charge in [0, 0.05) is 11.6 Å². The maximum atomic E-state index is 5.63. The predicted molar refractivity (Wildman–Crippen MR) is 89.8 cm³/mol. The van der Waals surface area contributed by atoms with Gasteiger partial charge in [-0.1, -0.05) is 51.8 Å². The Balaban J connectivity index is 2.33. The number of para-hydroxylation sites is 1. The van der Waals surface area contributed by atoms with Gasteiger partial charge in [-0.05, 0) is 43.2 Å². The molecule has 0 spiro atoms. The Bertz CT molecular complexity index is 441. The van der Waals surface area contributed by atoms with Crippen LogP contribution in [-0.4, -0.2) is 13.7 Å². The third-order valence-corrected chi connectivity index (χ3v) is 5.08. The summed E-state index contributed by atoms with van der Waals surface area (Å²) in [4.78, 5) is 0. The fourth-order valence-corrected chi connectivity index (χ4v) is 3.83. The fraction of sp³-hybridized carbons (Fsp3) is 0.684. The molecular weight excluding hydrogens is 258 g/mol. The van der Waals surface area contributed by atoms with E-state index in [9.17, 15) is 0 Å². The summed E-state index contributed by atoms with van der Waals surface area (Å²) in [6.45, 7) is 8.17. The molecule has 21 heavy (non-hydrogen) atoms. The highest BCUT2D eigenvalue weighted by Gasteiger charge is 2.38. The summed E-state index contributed by atoms with van der Waals surface area (Å²) in [6, 6.07) is 8.92. The molecule has 1 aromatic rings. The topological polar surface area (TPSA) is 21.3 Å². The van der Waals surface area contributed by atoms with Crippen LogP contribution < -0.4 is 10.1 Å². The minimum atomic E-state index is 0.393. The molecule has 2 unspecified atom stereocenters. The molecule has 1 aromatic carbocycles. The average molecular weight is 289 g/mol. The Hall–Kier alpha value is -1.02. The number of nitrogens with one attached hydrogen (secondary N) is 1. The summed E-state index contributed by atoms with van der Waals surface area (Å²) in [5.41, 5.74) is 1.72. The molecular formula is C19H31NO. The SMILES string of the molecule is CCCNC(c1ccccc1OC)C1CCCCC1(C)C. The van der Waals surface area contributed by atoms with Gasteiger partial charge < -0.3 is 10.1 Å². The predicted octanol–water partition coefficient (Wildman–Crippen LogP) is 4.95. The molecule has 0 heterocycles. The number of hydrogen-bond acceptors (Lipinski definition) is 2. The Labute approximate surface area is 130 Å². The largest absolute Gasteiger partial charge is 0.496 e. The van der Waals surface area contributed by atoms with Crippen molar-refractivity contribution in [3.63, 3.8) is 0 Å². The van der Waals surface area contributed by atoms with Crippen LogP contribution in [0.15, 0.2) is 24.3 Å². The van der Waals surface area contributed by atoms with Gasteiger partial charge in [0.15, 0.2) is 0 Å². The molecule has 2 atom stereocenters. The average Bonchev–Trinajstić information content (AvgIpc) is 2.49. The first-order valence-corrected chi connectivity index (χ1v) is 8.46. The molecule has 1 aliphatic rings. The van der Waals surface area contributed by atoms with Crippen LogP contribution in [0, 0.1) is 11.3 Å². The zero-order valence-corrected chi connectivity index (χ0v) is 14.1. The fourth-order valence-electron chi connectivity index (χ4n) is 3.83. The Morgan fingerprint density at radius 3 is 2.71 bits per heavy atom. The van der Waals surface area contributed by atoms with Gasteiger partial charge in [0.25, 0.3) is 0 Å². The lowest BCUT2D eigenvalue weighted by atomic mass is 9.64. The normalized spacial score (nSPS) is 22.8. The van der Waals surface area contributed by atoms with Crippen molar-refractivity contribution in [2.45, 2.75) is 58.9 Å². The van der Waals surface area contributed by atoms with Crippen molar-refractivity contribution >= 4 is 0 Å². The van der Waals surface area contributed by atoms with Crippen molar-refractivity contribution in [1.82, 2.24) is 5.32 Å². The molecule has 1 fully saturated rings. The first kappa shape index (κ1) is 16.4. The molecule has 0 bridgehead atoms. The van der Waals surface area contributed by atoms with Crippen molar-refractivity contribution in [1.29, 1.82) is 0 Å². The lowest BCUT2D eigenvalue weighted by Gasteiger charge is -2.44. The van der Waals surface area contributed by atoms with Gasteiger partial charge in [-0.2, -0.15) is 0 Å². The van der Waals surface area contributed by atoms with Gasteiger partial charge >= 0.3 is 0 Å². The summed E-state index contributed by atoms with van der Waals surface area (Å²) in [7, 11) is 1.78. The van der Waals surface area contributed by atoms with Crippen molar-refractivity contribution in [3.8, 4) is 5.75 Å². The second kappa shape index (κ2) is 7.31. The van der Waals surface area contributed by atoms with Crippen molar-refractivity contribution < 1.29 is 4.74 Å². The highest BCUT2D eigenvalue weighted by Crippen LogP contribution is 2.48. The second-order valence-electron chi connectivity index (χ2n) is 7.01. The number of ether oxygens (including phenoxy) is 1. The van der Waals surface area contributed by atoms with Crippen LogP contribution in [0.25, 0.3) is 0 Å². The van der Waals surface area contributed by atoms with Crippen LogP contribution in [-0.2, 0) is 0 Å². The molecule has 1 saturated carbocycles. The molecule has 0 aliphatic heterocycles. The monoisotopic (exact) mass is 289 g/mol. The summed E-state index contributed by atoms with van der Waals surface area (Å²) in [5.74, 6) is 1.70. The van der Waals surface area contributed by atoms with Crippen LogP contribution in [0.1, 0.15) is 64.5 Å². The zero-order valence-electron chi connectivity index (χ0n) is 14.1. The molecule has 0 radical (unpaired) electrons. The summed E-state index contributed by atoms with van der Waals surface area (Å²) in [6.07, 6.45) is 6.53. The van der Waals surface area contributed by atoms with E-state index in [0.29, 0.717) is 17.4 Å². The van der Waals surface area contributed by atoms with E-state index in [2.05, 4.69) is 50.4 Å². The third-order valence-electron chi connectivity index (χ3n) is 5.08. The molecule has 2 nitrogen and oxygen atoms in total. The second-order valence-corrected chi connectivity index (χ2v) is 7.01. The number of benzene rings is 1. The lowest BCUT2D eigenvalue weighted by molar-refractivity contribution is 0.0971. The van der Waals surface area contributed by atoms with E-state index in [1.807, 2.05) is 0 Å². The van der Waals surface area contributed by atoms with Crippen LogP contribution in [0.3, 0.4) is 0 Å². The van der Waals surface area contributed by atoms with Crippen LogP contribution in [0.2, 0.25) is 0 Å². The Morgan fingerprint density at radius 2 is 2.05 bits per heavy atom. The maximum absolute atomic E-state index is 5.63. The highest BCUT2D eigenvalue weighted by molar-refractivity contribution is 5.36. The lowest BCUT2D eigenvalue weighted by Crippen LogP contribution is -2.39. The van der Waals surface area contributed by atoms with Gasteiger partial charge in [0.1, 0.15) is 5.75 Å². The summed E-state index contributed by atoms with van der Waals surface area (Å²) in [5, 5.41) is 3.81. The van der Waals surface area contributed by atoms with Crippen molar-refractivity contribution in [2.24, 2.45) is 11.3 Å². The molecule has 1 aliphatic carbocycles. The smallest absolute Gasteiger partial charge is 0.123 e. The number of methoxy groups -OCH3 is 1. The third kappa shape index (κ3) is 3.79.